The van der Waals surface area contributed by atoms with Gasteiger partial charge >= 0.3 is 5.69 Å². The molecule has 3 N–H and O–H groups in total. The molecule has 0 bridgehead atoms. The van der Waals surface area contributed by atoms with Crippen molar-refractivity contribution in [2.45, 2.75) is 31.7 Å². The lowest BCUT2D eigenvalue weighted by atomic mass is 9.91. The molecule has 0 aromatic carbocycles. The van der Waals surface area contributed by atoms with Crippen LogP contribution in [0.1, 0.15) is 36.0 Å². The third-order valence-corrected chi connectivity index (χ3v) is 3.38. The fraction of sp³-hybridized carbons (Fsp3) is 0.583. The van der Waals surface area contributed by atoms with E-state index in [1.165, 1.54) is 0 Å². The van der Waals surface area contributed by atoms with Gasteiger partial charge in [-0.3, -0.25) is 14.6 Å². The van der Waals surface area contributed by atoms with Crippen molar-refractivity contribution in [1.29, 1.82) is 0 Å². The van der Waals surface area contributed by atoms with Crippen molar-refractivity contribution in [2.24, 2.45) is 0 Å². The first-order valence-electron chi connectivity index (χ1n) is 6.37. The van der Waals surface area contributed by atoms with Crippen LogP contribution in [0.5, 0.6) is 0 Å². The predicted molar refractivity (Wildman–Crippen MR) is 68.1 cm³/mol. The first-order valence-corrected chi connectivity index (χ1v) is 6.37. The van der Waals surface area contributed by atoms with Crippen molar-refractivity contribution >= 4 is 5.91 Å². The molecule has 1 fully saturated rings. The summed E-state index contributed by atoms with van der Waals surface area (Å²) in [5.74, 6) is -0.393. The van der Waals surface area contributed by atoms with E-state index in [0.717, 1.165) is 25.5 Å². The van der Waals surface area contributed by atoms with Crippen molar-refractivity contribution < 1.29 is 9.90 Å². The Labute approximate surface area is 109 Å². The number of carbonyl (C=O) groups is 1. The molecule has 1 aliphatic carbocycles. The third kappa shape index (κ3) is 2.93. The largest absolute Gasteiger partial charge is 0.396 e. The molecule has 7 nitrogen and oxygen atoms in total. The Bertz CT molecular complexity index is 559. The predicted octanol–water partition coefficient (Wildman–Crippen LogP) is -0.560. The van der Waals surface area contributed by atoms with Gasteiger partial charge in [0.15, 0.2) is 0 Å². The number of carbonyl (C=O) groups excluding carboxylic acids is 1. The highest BCUT2D eigenvalue weighted by atomic mass is 16.3. The summed E-state index contributed by atoms with van der Waals surface area (Å²) in [6, 6.07) is 0.130. The fourth-order valence-corrected chi connectivity index (χ4v) is 2.11. The van der Waals surface area contributed by atoms with E-state index in [0.29, 0.717) is 13.0 Å². The average molecular weight is 267 g/mol. The van der Waals surface area contributed by atoms with Gasteiger partial charge in [0.25, 0.3) is 11.5 Å². The lowest BCUT2D eigenvalue weighted by Gasteiger charge is -2.37. The highest BCUT2D eigenvalue weighted by Crippen LogP contribution is 2.25. The maximum Gasteiger partial charge on any atom is 0.325 e. The maximum absolute atomic E-state index is 12.3. The van der Waals surface area contributed by atoms with Crippen LogP contribution in [0.3, 0.4) is 0 Å². The number of hydrogen-bond acceptors (Lipinski definition) is 4. The number of aliphatic hydroxyl groups is 1. The second-order valence-corrected chi connectivity index (χ2v) is 4.65. The zero-order valence-corrected chi connectivity index (χ0v) is 10.5. The smallest absolute Gasteiger partial charge is 0.325 e. The number of H-pyrrole nitrogens is 2. The minimum Gasteiger partial charge on any atom is -0.396 e. The zero-order chi connectivity index (χ0) is 13.8. The number of nitrogens with zero attached hydrogens (tertiary/aromatic N) is 1. The van der Waals surface area contributed by atoms with Gasteiger partial charge in [-0.1, -0.05) is 0 Å². The molecule has 1 heterocycles. The van der Waals surface area contributed by atoms with E-state index < -0.39 is 17.2 Å². The molecule has 2 rings (SSSR count). The topological polar surface area (TPSA) is 106 Å². The minimum atomic E-state index is -0.679. The van der Waals surface area contributed by atoms with E-state index in [2.05, 4.69) is 4.98 Å². The molecule has 0 atom stereocenters. The van der Waals surface area contributed by atoms with Crippen molar-refractivity contribution in [3.8, 4) is 0 Å². The minimum absolute atomic E-state index is 0.00151. The highest BCUT2D eigenvalue weighted by Gasteiger charge is 2.30. The van der Waals surface area contributed by atoms with Crippen LogP contribution in [0.25, 0.3) is 0 Å². The quantitative estimate of drug-likeness (QED) is 0.664. The summed E-state index contributed by atoms with van der Waals surface area (Å²) in [7, 11) is 0. The molecule has 1 aromatic rings. The number of rotatable bonds is 5. The Balaban J connectivity index is 2.22. The van der Waals surface area contributed by atoms with E-state index in [4.69, 9.17) is 5.11 Å². The van der Waals surface area contributed by atoms with Crippen molar-refractivity contribution in [3.63, 3.8) is 0 Å². The lowest BCUT2D eigenvalue weighted by Crippen LogP contribution is -2.46. The van der Waals surface area contributed by atoms with Gasteiger partial charge in [0.05, 0.1) is 0 Å². The molecule has 19 heavy (non-hydrogen) atoms. The maximum atomic E-state index is 12.3. The van der Waals surface area contributed by atoms with Gasteiger partial charge in [0, 0.05) is 25.4 Å². The monoisotopic (exact) mass is 267 g/mol. The molecule has 1 saturated carbocycles. The summed E-state index contributed by atoms with van der Waals surface area (Å²) in [4.78, 5) is 40.8. The third-order valence-electron chi connectivity index (χ3n) is 3.38. The number of aliphatic hydroxyl groups excluding tert-OH is 1. The van der Waals surface area contributed by atoms with E-state index >= 15 is 0 Å². The molecular formula is C12H17N3O4. The second-order valence-electron chi connectivity index (χ2n) is 4.65. The van der Waals surface area contributed by atoms with Crippen LogP contribution in [0.15, 0.2) is 15.8 Å². The van der Waals surface area contributed by atoms with Gasteiger partial charge in [-0.05, 0) is 25.7 Å². The van der Waals surface area contributed by atoms with Crippen LogP contribution in [0, 0.1) is 0 Å². The molecule has 0 aliphatic heterocycles. The summed E-state index contributed by atoms with van der Waals surface area (Å²) in [5, 5.41) is 8.88. The average Bonchev–Trinajstić information content (AvgIpc) is 2.31. The summed E-state index contributed by atoms with van der Waals surface area (Å²) >= 11 is 0. The van der Waals surface area contributed by atoms with Crippen LogP contribution >= 0.6 is 0 Å². The molecule has 1 aliphatic rings. The molecule has 7 heteroatoms. The molecule has 1 amide bonds. The van der Waals surface area contributed by atoms with Gasteiger partial charge in [0.2, 0.25) is 0 Å². The van der Waals surface area contributed by atoms with Gasteiger partial charge in [-0.2, -0.15) is 0 Å². The van der Waals surface area contributed by atoms with Gasteiger partial charge in [0.1, 0.15) is 5.56 Å². The summed E-state index contributed by atoms with van der Waals surface area (Å²) in [6.07, 6.45) is 4.52. The van der Waals surface area contributed by atoms with Crippen LogP contribution < -0.4 is 11.2 Å². The van der Waals surface area contributed by atoms with Gasteiger partial charge < -0.3 is 15.0 Å². The summed E-state index contributed by atoms with van der Waals surface area (Å²) in [6.45, 7) is 0.414. The van der Waals surface area contributed by atoms with E-state index in [1.807, 2.05) is 4.98 Å². The SMILES string of the molecule is O=C(c1c[nH]c(=O)[nH]c1=O)N(CCCO)C1CCC1. The highest BCUT2D eigenvalue weighted by molar-refractivity contribution is 5.93. The van der Waals surface area contributed by atoms with E-state index in [-0.39, 0.29) is 18.2 Å². The number of nitrogens with one attached hydrogen (secondary N) is 2. The molecule has 0 saturated heterocycles. The number of amides is 1. The first-order chi connectivity index (χ1) is 9.13. The number of hydrogen-bond donors (Lipinski definition) is 3. The van der Waals surface area contributed by atoms with Crippen molar-refractivity contribution in [1.82, 2.24) is 14.9 Å². The molecule has 104 valence electrons. The zero-order valence-electron chi connectivity index (χ0n) is 10.5. The summed E-state index contributed by atoms with van der Waals surface area (Å²) < 4.78 is 0. The Hall–Kier alpha value is -1.89. The Kier molecular flexibility index (Phi) is 4.16. The standard InChI is InChI=1S/C12H17N3O4/c16-6-2-5-15(8-3-1-4-8)11(18)9-7-13-12(19)14-10(9)17/h7-8,16H,1-6H2,(H2,13,14,17,19). The van der Waals surface area contributed by atoms with Crippen LogP contribution in [0.2, 0.25) is 0 Å². The number of aromatic amines is 2. The second kappa shape index (κ2) is 5.83. The lowest BCUT2D eigenvalue weighted by molar-refractivity contribution is 0.0560. The van der Waals surface area contributed by atoms with Crippen molar-refractivity contribution in [3.05, 3.63) is 32.6 Å². The van der Waals surface area contributed by atoms with Crippen molar-refractivity contribution in [2.75, 3.05) is 13.2 Å². The molecular weight excluding hydrogens is 250 g/mol. The molecule has 0 spiro atoms. The molecule has 0 radical (unpaired) electrons. The molecule has 1 aromatic heterocycles. The van der Waals surface area contributed by atoms with E-state index in [9.17, 15) is 14.4 Å². The normalized spacial score (nSPS) is 15.0. The van der Waals surface area contributed by atoms with Crippen LogP contribution in [0.4, 0.5) is 0 Å². The first kappa shape index (κ1) is 13.5. The Morgan fingerprint density at radius 2 is 2.16 bits per heavy atom. The summed E-state index contributed by atoms with van der Waals surface area (Å²) in [5.41, 5.74) is -1.38. The van der Waals surface area contributed by atoms with E-state index in [1.54, 1.807) is 4.90 Å². The Morgan fingerprint density at radius 1 is 1.42 bits per heavy atom. The molecule has 0 unspecified atom stereocenters. The van der Waals surface area contributed by atoms with Crippen LogP contribution in [-0.4, -0.2) is 45.1 Å². The van der Waals surface area contributed by atoms with Gasteiger partial charge in [-0.25, -0.2) is 4.79 Å². The Morgan fingerprint density at radius 3 is 2.68 bits per heavy atom. The number of aromatic nitrogens is 2. The fourth-order valence-electron chi connectivity index (χ4n) is 2.11. The van der Waals surface area contributed by atoms with Gasteiger partial charge in [-0.15, -0.1) is 0 Å². The van der Waals surface area contributed by atoms with Crippen LogP contribution in [-0.2, 0) is 0 Å².